The molecule has 4 heteroatoms. The Kier molecular flexibility index (Phi) is 5.34. The first-order valence-electron chi connectivity index (χ1n) is 3.21. The van der Waals surface area contributed by atoms with Crippen molar-refractivity contribution in [2.75, 3.05) is 14.2 Å². The molecule has 0 atom stereocenters. The van der Waals surface area contributed by atoms with Crippen LogP contribution < -0.4 is 0 Å². The van der Waals surface area contributed by atoms with Crippen LogP contribution in [0.1, 0.15) is 0 Å². The highest BCUT2D eigenvalue weighted by Crippen LogP contribution is 1.82. The van der Waals surface area contributed by atoms with Crippen LogP contribution in [-0.4, -0.2) is 26.2 Å². The van der Waals surface area contributed by atoms with Crippen molar-refractivity contribution in [1.82, 2.24) is 0 Å². The van der Waals surface area contributed by atoms with Gasteiger partial charge in [0.1, 0.15) is 0 Å². The van der Waals surface area contributed by atoms with Gasteiger partial charge in [-0.1, -0.05) is 12.2 Å². The van der Waals surface area contributed by atoms with Crippen LogP contribution in [0.2, 0.25) is 0 Å². The highest BCUT2D eigenvalue weighted by Gasteiger charge is 1.89. The van der Waals surface area contributed by atoms with Crippen LogP contribution in [0.4, 0.5) is 0 Å². The first-order chi connectivity index (χ1) is 5.70. The lowest BCUT2D eigenvalue weighted by atomic mass is 10.4. The van der Waals surface area contributed by atoms with E-state index in [1.807, 2.05) is 0 Å². The summed E-state index contributed by atoms with van der Waals surface area (Å²) >= 11 is 0. The minimum atomic E-state index is -0.468. The zero-order valence-electron chi connectivity index (χ0n) is 6.94. The molecule has 0 aromatic rings. The average molecular weight is 170 g/mol. The van der Waals surface area contributed by atoms with E-state index in [1.54, 1.807) is 0 Å². The number of hydrogen-bond acceptors (Lipinski definition) is 4. The maximum atomic E-state index is 10.5. The molecule has 12 heavy (non-hydrogen) atoms. The quantitative estimate of drug-likeness (QED) is 0.350. The lowest BCUT2D eigenvalue weighted by Gasteiger charge is -1.87. The normalized spacial score (nSPS) is 10.5. The second kappa shape index (κ2) is 6.15. The van der Waals surface area contributed by atoms with Crippen molar-refractivity contribution in [1.29, 1.82) is 0 Å². The number of hydrogen-bond donors (Lipinski definition) is 0. The van der Waals surface area contributed by atoms with E-state index in [2.05, 4.69) is 9.47 Å². The third kappa shape index (κ3) is 5.22. The molecular formula is C8H10O4. The van der Waals surface area contributed by atoms with E-state index in [9.17, 15) is 9.59 Å². The van der Waals surface area contributed by atoms with Gasteiger partial charge >= 0.3 is 11.9 Å². The van der Waals surface area contributed by atoms with E-state index in [-0.39, 0.29) is 0 Å². The Hall–Kier alpha value is -1.58. The van der Waals surface area contributed by atoms with Gasteiger partial charge in [0.2, 0.25) is 0 Å². The Balaban J connectivity index is 3.81. The number of methoxy groups -OCH3 is 2. The second-order valence-corrected chi connectivity index (χ2v) is 1.76. The van der Waals surface area contributed by atoms with Crippen molar-refractivity contribution in [3.05, 3.63) is 24.3 Å². The van der Waals surface area contributed by atoms with Gasteiger partial charge in [-0.2, -0.15) is 0 Å². The van der Waals surface area contributed by atoms with Gasteiger partial charge in [0.15, 0.2) is 0 Å². The van der Waals surface area contributed by atoms with Gasteiger partial charge in [-0.25, -0.2) is 9.59 Å². The number of rotatable bonds is 3. The van der Waals surface area contributed by atoms with Crippen LogP contribution >= 0.6 is 0 Å². The summed E-state index contributed by atoms with van der Waals surface area (Å²) in [4.78, 5) is 20.9. The summed E-state index contributed by atoms with van der Waals surface area (Å²) in [5, 5.41) is 0. The topological polar surface area (TPSA) is 52.6 Å². The third-order valence-electron chi connectivity index (χ3n) is 0.978. The molecule has 0 radical (unpaired) electrons. The molecule has 0 N–H and O–H groups in total. The molecule has 0 bridgehead atoms. The van der Waals surface area contributed by atoms with Gasteiger partial charge in [0, 0.05) is 12.2 Å². The number of ether oxygens (including phenoxy) is 2. The molecule has 0 fully saturated rings. The fourth-order valence-corrected chi connectivity index (χ4v) is 0.404. The lowest BCUT2D eigenvalue weighted by Crippen LogP contribution is -1.94. The Morgan fingerprint density at radius 3 is 1.50 bits per heavy atom. The SMILES string of the molecule is COC(=O)/C=C\C=C/C(=O)OC. The molecular weight excluding hydrogens is 160 g/mol. The molecule has 4 nitrogen and oxygen atoms in total. The van der Waals surface area contributed by atoms with E-state index in [0.29, 0.717) is 0 Å². The molecule has 66 valence electrons. The van der Waals surface area contributed by atoms with Crippen LogP contribution in [0.25, 0.3) is 0 Å². The van der Waals surface area contributed by atoms with Crippen molar-refractivity contribution in [3.63, 3.8) is 0 Å². The molecule has 0 rings (SSSR count). The van der Waals surface area contributed by atoms with Crippen molar-refractivity contribution in [2.45, 2.75) is 0 Å². The largest absolute Gasteiger partial charge is 0.466 e. The summed E-state index contributed by atoms with van der Waals surface area (Å²) in [6.45, 7) is 0. The highest BCUT2D eigenvalue weighted by atomic mass is 16.5. The van der Waals surface area contributed by atoms with Gasteiger partial charge in [0.25, 0.3) is 0 Å². The predicted octanol–water partition coefficient (Wildman–Crippen LogP) is 0.445. The zero-order chi connectivity index (χ0) is 9.40. The molecule has 0 aromatic heterocycles. The van der Waals surface area contributed by atoms with E-state index >= 15 is 0 Å². The summed E-state index contributed by atoms with van der Waals surface area (Å²) in [6, 6.07) is 0. The second-order valence-electron chi connectivity index (χ2n) is 1.76. The van der Waals surface area contributed by atoms with Crippen LogP contribution in [0.5, 0.6) is 0 Å². The Morgan fingerprint density at radius 2 is 1.25 bits per heavy atom. The maximum absolute atomic E-state index is 10.5. The average Bonchev–Trinajstić information content (AvgIpc) is 2.11. The molecule has 0 saturated carbocycles. The van der Waals surface area contributed by atoms with Gasteiger partial charge in [-0.15, -0.1) is 0 Å². The first kappa shape index (κ1) is 10.4. The van der Waals surface area contributed by atoms with Gasteiger partial charge in [-0.05, 0) is 0 Å². The van der Waals surface area contributed by atoms with Crippen molar-refractivity contribution < 1.29 is 19.1 Å². The first-order valence-corrected chi connectivity index (χ1v) is 3.21. The van der Waals surface area contributed by atoms with Gasteiger partial charge in [0.05, 0.1) is 14.2 Å². The number of esters is 2. The smallest absolute Gasteiger partial charge is 0.330 e. The fourth-order valence-electron chi connectivity index (χ4n) is 0.404. The van der Waals surface area contributed by atoms with Crippen LogP contribution in [0, 0.1) is 0 Å². The molecule has 0 saturated heterocycles. The standard InChI is InChI=1S/C8H10O4/c1-11-7(9)5-3-4-6-8(10)12-2/h3-6H,1-2H3/b5-3-,6-4-. The number of allylic oxidation sites excluding steroid dienone is 2. The van der Waals surface area contributed by atoms with Crippen LogP contribution in [-0.2, 0) is 19.1 Å². The monoisotopic (exact) mass is 170 g/mol. The third-order valence-corrected chi connectivity index (χ3v) is 0.978. The van der Waals surface area contributed by atoms with Gasteiger partial charge in [-0.3, -0.25) is 0 Å². The van der Waals surface area contributed by atoms with Crippen molar-refractivity contribution in [3.8, 4) is 0 Å². The minimum absolute atomic E-state index is 0.468. The van der Waals surface area contributed by atoms with E-state index in [0.717, 1.165) is 0 Å². The Labute approximate surface area is 70.5 Å². The van der Waals surface area contributed by atoms with E-state index in [1.165, 1.54) is 38.5 Å². The predicted molar refractivity (Wildman–Crippen MR) is 42.3 cm³/mol. The summed E-state index contributed by atoms with van der Waals surface area (Å²) in [7, 11) is 2.55. The summed E-state index contributed by atoms with van der Waals surface area (Å²) in [5.41, 5.74) is 0. The maximum Gasteiger partial charge on any atom is 0.330 e. The Bertz CT molecular complexity index is 191. The molecule has 0 aliphatic heterocycles. The highest BCUT2D eigenvalue weighted by molar-refractivity contribution is 5.84. The van der Waals surface area contributed by atoms with E-state index < -0.39 is 11.9 Å². The van der Waals surface area contributed by atoms with Crippen LogP contribution in [0.15, 0.2) is 24.3 Å². The van der Waals surface area contributed by atoms with Crippen molar-refractivity contribution >= 4 is 11.9 Å². The minimum Gasteiger partial charge on any atom is -0.466 e. The molecule has 0 aliphatic carbocycles. The molecule has 0 amide bonds. The molecule has 0 unspecified atom stereocenters. The summed E-state index contributed by atoms with van der Waals surface area (Å²) in [6.07, 6.45) is 5.17. The molecule has 0 heterocycles. The Morgan fingerprint density at radius 1 is 0.917 bits per heavy atom. The number of carbonyl (C=O) groups excluding carboxylic acids is 2. The summed E-state index contributed by atoms with van der Waals surface area (Å²) in [5.74, 6) is -0.936. The molecule has 0 aliphatic rings. The van der Waals surface area contributed by atoms with Gasteiger partial charge < -0.3 is 9.47 Å². The summed E-state index contributed by atoms with van der Waals surface area (Å²) < 4.78 is 8.62. The van der Waals surface area contributed by atoms with Crippen molar-refractivity contribution in [2.24, 2.45) is 0 Å². The fraction of sp³-hybridized carbons (Fsp3) is 0.250. The molecule has 0 aromatic carbocycles. The lowest BCUT2D eigenvalue weighted by molar-refractivity contribution is -0.135. The van der Waals surface area contributed by atoms with Crippen LogP contribution in [0.3, 0.4) is 0 Å². The zero-order valence-corrected chi connectivity index (χ0v) is 6.94. The molecule has 0 spiro atoms. The van der Waals surface area contributed by atoms with E-state index in [4.69, 9.17) is 0 Å². The number of carbonyl (C=O) groups is 2.